The molecule has 0 fully saturated rings. The van der Waals surface area contributed by atoms with Crippen molar-refractivity contribution in [1.29, 1.82) is 0 Å². The summed E-state index contributed by atoms with van der Waals surface area (Å²) in [5, 5.41) is 9.61. The molecule has 0 aliphatic carbocycles. The maximum absolute atomic E-state index is 9.61. The minimum atomic E-state index is -0.528. The minimum absolute atomic E-state index is 0.456. The Kier molecular flexibility index (Phi) is 3.73. The predicted octanol–water partition coefficient (Wildman–Crippen LogP) is 2.71. The Morgan fingerprint density at radius 3 is 2.76 bits per heavy atom. The third-order valence-electron chi connectivity index (χ3n) is 2.49. The van der Waals surface area contributed by atoms with E-state index in [9.17, 15) is 5.11 Å². The number of nitrogens with zero attached hydrogens (tertiary/aromatic N) is 1. The number of rotatable bonds is 4. The average molecular weight is 229 g/mol. The Labute approximate surface area is 101 Å². The molecule has 1 aromatic heterocycles. The van der Waals surface area contributed by atoms with Crippen molar-refractivity contribution in [3.05, 3.63) is 59.9 Å². The molecule has 3 nitrogen and oxygen atoms in total. The molecule has 0 aliphatic rings. The molecular formula is C14H15NO2. The zero-order chi connectivity index (χ0) is 12.1. The molecule has 0 saturated carbocycles. The molecule has 0 bridgehead atoms. The number of benzene rings is 1. The Morgan fingerprint density at radius 1 is 1.24 bits per heavy atom. The summed E-state index contributed by atoms with van der Waals surface area (Å²) in [6.45, 7) is 2.18. The van der Waals surface area contributed by atoms with Gasteiger partial charge < -0.3 is 9.84 Å². The fourth-order valence-electron chi connectivity index (χ4n) is 1.60. The van der Waals surface area contributed by atoms with Crippen molar-refractivity contribution in [2.45, 2.75) is 19.6 Å². The first-order chi connectivity index (χ1) is 8.27. The van der Waals surface area contributed by atoms with Crippen LogP contribution < -0.4 is 4.74 Å². The minimum Gasteiger partial charge on any atom is -0.488 e. The topological polar surface area (TPSA) is 42.4 Å². The van der Waals surface area contributed by atoms with Crippen LogP contribution in [0.1, 0.15) is 24.2 Å². The Morgan fingerprint density at radius 2 is 2.06 bits per heavy atom. The SMILES string of the molecule is CC(O)c1ccccc1OCc1cccnc1. The van der Waals surface area contributed by atoms with Crippen LogP contribution in [-0.4, -0.2) is 10.1 Å². The molecule has 0 radical (unpaired) electrons. The number of hydrogen-bond donors (Lipinski definition) is 1. The first-order valence-electron chi connectivity index (χ1n) is 5.56. The summed E-state index contributed by atoms with van der Waals surface area (Å²) >= 11 is 0. The summed E-state index contributed by atoms with van der Waals surface area (Å²) in [5.74, 6) is 0.714. The highest BCUT2D eigenvalue weighted by Gasteiger charge is 2.07. The molecule has 1 unspecified atom stereocenters. The number of aromatic nitrogens is 1. The van der Waals surface area contributed by atoms with Crippen molar-refractivity contribution in [3.8, 4) is 5.75 Å². The van der Waals surface area contributed by atoms with Crippen LogP contribution in [0.15, 0.2) is 48.8 Å². The molecule has 0 amide bonds. The van der Waals surface area contributed by atoms with E-state index in [1.165, 1.54) is 0 Å². The fraction of sp³-hybridized carbons (Fsp3) is 0.214. The second-order valence-corrected chi connectivity index (χ2v) is 3.86. The summed E-state index contributed by atoms with van der Waals surface area (Å²) in [7, 11) is 0. The van der Waals surface area contributed by atoms with Gasteiger partial charge in [-0.3, -0.25) is 4.98 Å². The summed E-state index contributed by atoms with van der Waals surface area (Å²) in [4.78, 5) is 4.03. The van der Waals surface area contributed by atoms with Crippen molar-refractivity contribution < 1.29 is 9.84 Å². The summed E-state index contributed by atoms with van der Waals surface area (Å²) in [6, 6.07) is 11.3. The second-order valence-electron chi connectivity index (χ2n) is 3.86. The lowest BCUT2D eigenvalue weighted by atomic mass is 10.1. The number of pyridine rings is 1. The molecule has 88 valence electrons. The van der Waals surface area contributed by atoms with Gasteiger partial charge in [0.2, 0.25) is 0 Å². The number of ether oxygens (including phenoxy) is 1. The van der Waals surface area contributed by atoms with Crippen LogP contribution >= 0.6 is 0 Å². The molecule has 2 aromatic rings. The molecule has 3 heteroatoms. The smallest absolute Gasteiger partial charge is 0.125 e. The van der Waals surface area contributed by atoms with Gasteiger partial charge in [-0.05, 0) is 19.1 Å². The predicted molar refractivity (Wildman–Crippen MR) is 65.6 cm³/mol. The number of aliphatic hydroxyl groups is 1. The van der Waals surface area contributed by atoms with E-state index in [0.29, 0.717) is 12.4 Å². The molecule has 0 spiro atoms. The van der Waals surface area contributed by atoms with Crippen LogP contribution in [0.2, 0.25) is 0 Å². The first kappa shape index (κ1) is 11.6. The summed E-state index contributed by atoms with van der Waals surface area (Å²) in [5.41, 5.74) is 1.81. The van der Waals surface area contributed by atoms with Gasteiger partial charge in [0.25, 0.3) is 0 Å². The normalized spacial score (nSPS) is 12.1. The zero-order valence-electron chi connectivity index (χ0n) is 9.71. The molecule has 1 aromatic carbocycles. The molecule has 17 heavy (non-hydrogen) atoms. The van der Waals surface area contributed by atoms with Gasteiger partial charge in [0.05, 0.1) is 6.10 Å². The molecule has 2 rings (SSSR count). The molecule has 1 N–H and O–H groups in total. The fourth-order valence-corrected chi connectivity index (χ4v) is 1.60. The Balaban J connectivity index is 2.09. The van der Waals surface area contributed by atoms with E-state index in [2.05, 4.69) is 4.98 Å². The largest absolute Gasteiger partial charge is 0.488 e. The Hall–Kier alpha value is -1.87. The van der Waals surface area contributed by atoms with Crippen molar-refractivity contribution in [1.82, 2.24) is 4.98 Å². The van der Waals surface area contributed by atoms with Crippen LogP contribution in [-0.2, 0) is 6.61 Å². The molecule has 1 atom stereocenters. The highest BCUT2D eigenvalue weighted by Crippen LogP contribution is 2.25. The zero-order valence-corrected chi connectivity index (χ0v) is 9.71. The van der Waals surface area contributed by atoms with Gasteiger partial charge in [-0.1, -0.05) is 24.3 Å². The number of hydrogen-bond acceptors (Lipinski definition) is 3. The van der Waals surface area contributed by atoms with Crippen LogP contribution in [0.25, 0.3) is 0 Å². The van der Waals surface area contributed by atoms with Crippen LogP contribution in [0, 0.1) is 0 Å². The Bertz CT molecular complexity index is 469. The second kappa shape index (κ2) is 5.46. The van der Waals surface area contributed by atoms with Crippen LogP contribution in [0.5, 0.6) is 5.75 Å². The van der Waals surface area contributed by atoms with Crippen molar-refractivity contribution in [2.24, 2.45) is 0 Å². The highest BCUT2D eigenvalue weighted by molar-refractivity contribution is 5.34. The van der Waals surface area contributed by atoms with E-state index in [1.807, 2.05) is 36.4 Å². The molecular weight excluding hydrogens is 214 g/mol. The number of para-hydroxylation sites is 1. The quantitative estimate of drug-likeness (QED) is 0.876. The van der Waals surface area contributed by atoms with Gasteiger partial charge in [-0.25, -0.2) is 0 Å². The van der Waals surface area contributed by atoms with E-state index in [4.69, 9.17) is 4.74 Å². The molecule has 0 saturated heterocycles. The van der Waals surface area contributed by atoms with Crippen LogP contribution in [0.4, 0.5) is 0 Å². The third kappa shape index (κ3) is 3.04. The van der Waals surface area contributed by atoms with E-state index in [-0.39, 0.29) is 0 Å². The van der Waals surface area contributed by atoms with E-state index < -0.39 is 6.10 Å². The third-order valence-corrected chi connectivity index (χ3v) is 2.49. The van der Waals surface area contributed by atoms with Gasteiger partial charge >= 0.3 is 0 Å². The van der Waals surface area contributed by atoms with Gasteiger partial charge in [0, 0.05) is 23.5 Å². The van der Waals surface area contributed by atoms with E-state index in [1.54, 1.807) is 19.3 Å². The van der Waals surface area contributed by atoms with Gasteiger partial charge in [0.15, 0.2) is 0 Å². The average Bonchev–Trinajstić information content (AvgIpc) is 2.38. The molecule has 0 aliphatic heterocycles. The summed E-state index contributed by atoms with van der Waals surface area (Å²) in [6.07, 6.45) is 2.97. The number of aliphatic hydroxyl groups excluding tert-OH is 1. The first-order valence-corrected chi connectivity index (χ1v) is 5.56. The van der Waals surface area contributed by atoms with Gasteiger partial charge in [0.1, 0.15) is 12.4 Å². The van der Waals surface area contributed by atoms with Crippen molar-refractivity contribution in [3.63, 3.8) is 0 Å². The maximum atomic E-state index is 9.61. The maximum Gasteiger partial charge on any atom is 0.125 e. The monoisotopic (exact) mass is 229 g/mol. The summed E-state index contributed by atoms with van der Waals surface area (Å²) < 4.78 is 5.68. The lowest BCUT2D eigenvalue weighted by Gasteiger charge is -2.12. The highest BCUT2D eigenvalue weighted by atomic mass is 16.5. The van der Waals surface area contributed by atoms with E-state index >= 15 is 0 Å². The lowest BCUT2D eigenvalue weighted by Crippen LogP contribution is -2.00. The van der Waals surface area contributed by atoms with Gasteiger partial charge in [-0.2, -0.15) is 0 Å². The van der Waals surface area contributed by atoms with Crippen molar-refractivity contribution >= 4 is 0 Å². The van der Waals surface area contributed by atoms with E-state index in [0.717, 1.165) is 11.1 Å². The van der Waals surface area contributed by atoms with Crippen LogP contribution in [0.3, 0.4) is 0 Å². The van der Waals surface area contributed by atoms with Gasteiger partial charge in [-0.15, -0.1) is 0 Å². The van der Waals surface area contributed by atoms with Crippen molar-refractivity contribution in [2.75, 3.05) is 0 Å². The molecule has 1 heterocycles. The lowest BCUT2D eigenvalue weighted by molar-refractivity contribution is 0.190. The standard InChI is InChI=1S/C14H15NO2/c1-11(16)13-6-2-3-7-14(13)17-10-12-5-4-8-15-9-12/h2-9,11,16H,10H2,1H3.